The monoisotopic (exact) mass is 413 g/mol. The molecule has 2 aromatic heterocycles. The van der Waals surface area contributed by atoms with E-state index in [-0.39, 0.29) is 11.5 Å². The van der Waals surface area contributed by atoms with E-state index in [4.69, 9.17) is 14.9 Å². The molecule has 1 aliphatic rings. The highest BCUT2D eigenvalue weighted by Gasteiger charge is 2.28. The van der Waals surface area contributed by atoms with Gasteiger partial charge in [0, 0.05) is 23.9 Å². The van der Waals surface area contributed by atoms with Gasteiger partial charge in [0.25, 0.3) is 5.91 Å². The first kappa shape index (κ1) is 19.4. The number of anilines is 1. The Balaban J connectivity index is 1.61. The SMILES string of the molecule is CCc1cc(=O)oc2cc(C)cc(OC(C)C(=O)N3CCc4nc(N)sc4C3)c12. The Labute approximate surface area is 172 Å². The summed E-state index contributed by atoms with van der Waals surface area (Å²) in [5.41, 5.74) is 8.61. The van der Waals surface area contributed by atoms with Gasteiger partial charge in [-0.2, -0.15) is 0 Å². The molecule has 1 unspecified atom stereocenters. The fraction of sp³-hybridized carbons (Fsp3) is 0.381. The van der Waals surface area contributed by atoms with E-state index in [1.807, 2.05) is 26.0 Å². The van der Waals surface area contributed by atoms with Gasteiger partial charge in [-0.1, -0.05) is 6.92 Å². The molecule has 1 aromatic carbocycles. The number of aromatic nitrogens is 1. The summed E-state index contributed by atoms with van der Waals surface area (Å²) in [6, 6.07) is 5.18. The molecule has 1 atom stereocenters. The summed E-state index contributed by atoms with van der Waals surface area (Å²) in [4.78, 5) is 32.0. The van der Waals surface area contributed by atoms with Crippen LogP contribution in [0.2, 0.25) is 0 Å². The van der Waals surface area contributed by atoms with Crippen molar-refractivity contribution >= 4 is 33.3 Å². The molecule has 8 heteroatoms. The molecule has 0 saturated carbocycles. The maximum atomic E-state index is 13.0. The third-order valence-corrected chi connectivity index (χ3v) is 6.04. The van der Waals surface area contributed by atoms with E-state index in [1.165, 1.54) is 17.4 Å². The van der Waals surface area contributed by atoms with Gasteiger partial charge in [-0.3, -0.25) is 4.79 Å². The van der Waals surface area contributed by atoms with Gasteiger partial charge < -0.3 is 19.8 Å². The number of benzene rings is 1. The number of carbonyl (C=O) groups excluding carboxylic acids is 1. The van der Waals surface area contributed by atoms with Gasteiger partial charge in [-0.25, -0.2) is 9.78 Å². The van der Waals surface area contributed by atoms with Crippen LogP contribution in [0.5, 0.6) is 5.75 Å². The third-order valence-electron chi connectivity index (χ3n) is 5.13. The third kappa shape index (κ3) is 3.72. The van der Waals surface area contributed by atoms with Crippen LogP contribution in [0.1, 0.15) is 35.5 Å². The Bertz CT molecular complexity index is 1150. The molecule has 0 aliphatic carbocycles. The lowest BCUT2D eigenvalue weighted by molar-refractivity contribution is -0.138. The van der Waals surface area contributed by atoms with Gasteiger partial charge >= 0.3 is 5.63 Å². The number of amides is 1. The first-order valence-corrected chi connectivity index (χ1v) is 10.4. The van der Waals surface area contributed by atoms with Crippen LogP contribution in [0.3, 0.4) is 0 Å². The number of ether oxygens (including phenoxy) is 1. The molecule has 2 N–H and O–H groups in total. The fourth-order valence-electron chi connectivity index (χ4n) is 3.74. The van der Waals surface area contributed by atoms with Crippen molar-refractivity contribution in [3.63, 3.8) is 0 Å². The van der Waals surface area contributed by atoms with Gasteiger partial charge in [0.1, 0.15) is 11.3 Å². The lowest BCUT2D eigenvalue weighted by Crippen LogP contribution is -2.42. The zero-order valence-corrected chi connectivity index (χ0v) is 17.5. The molecule has 1 aliphatic heterocycles. The van der Waals surface area contributed by atoms with Crippen molar-refractivity contribution in [3.8, 4) is 5.75 Å². The van der Waals surface area contributed by atoms with Crippen LogP contribution >= 0.6 is 11.3 Å². The molecule has 7 nitrogen and oxygen atoms in total. The van der Waals surface area contributed by atoms with E-state index in [0.29, 0.717) is 42.4 Å². The van der Waals surface area contributed by atoms with E-state index < -0.39 is 6.10 Å². The van der Waals surface area contributed by atoms with Crippen molar-refractivity contribution in [2.24, 2.45) is 0 Å². The van der Waals surface area contributed by atoms with Crippen LogP contribution in [0.25, 0.3) is 11.0 Å². The molecule has 0 fully saturated rings. The highest BCUT2D eigenvalue weighted by molar-refractivity contribution is 7.15. The Morgan fingerprint density at radius 1 is 1.41 bits per heavy atom. The Hall–Kier alpha value is -2.87. The van der Waals surface area contributed by atoms with E-state index in [0.717, 1.165) is 27.1 Å². The molecule has 0 saturated heterocycles. The van der Waals surface area contributed by atoms with E-state index in [1.54, 1.807) is 11.8 Å². The first-order valence-electron chi connectivity index (χ1n) is 9.62. The normalized spacial score (nSPS) is 14.7. The Kier molecular flexibility index (Phi) is 5.04. The van der Waals surface area contributed by atoms with Gasteiger partial charge in [0.2, 0.25) is 0 Å². The predicted molar refractivity (Wildman–Crippen MR) is 112 cm³/mol. The molecule has 0 radical (unpaired) electrons. The summed E-state index contributed by atoms with van der Waals surface area (Å²) >= 11 is 1.43. The average Bonchev–Trinajstić information content (AvgIpc) is 3.05. The van der Waals surface area contributed by atoms with Crippen LogP contribution in [0, 0.1) is 6.92 Å². The molecule has 1 amide bonds. The molecule has 0 spiro atoms. The van der Waals surface area contributed by atoms with Crippen molar-refractivity contribution in [1.82, 2.24) is 9.88 Å². The highest BCUT2D eigenvalue weighted by atomic mass is 32.1. The zero-order valence-electron chi connectivity index (χ0n) is 16.7. The number of nitrogens with two attached hydrogens (primary N) is 1. The van der Waals surface area contributed by atoms with Crippen molar-refractivity contribution in [3.05, 3.63) is 50.3 Å². The summed E-state index contributed by atoms with van der Waals surface area (Å²) in [5, 5.41) is 1.28. The van der Waals surface area contributed by atoms with Crippen LogP contribution in [-0.4, -0.2) is 28.4 Å². The molecule has 152 valence electrons. The number of rotatable bonds is 4. The van der Waals surface area contributed by atoms with Crippen molar-refractivity contribution < 1.29 is 13.9 Å². The molecule has 29 heavy (non-hydrogen) atoms. The van der Waals surface area contributed by atoms with Crippen LogP contribution in [-0.2, 0) is 24.2 Å². The van der Waals surface area contributed by atoms with Crippen LogP contribution < -0.4 is 16.1 Å². The predicted octanol–water partition coefficient (Wildman–Crippen LogP) is 3.05. The number of hydrogen-bond acceptors (Lipinski definition) is 7. The van der Waals surface area contributed by atoms with Crippen molar-refractivity contribution in [2.75, 3.05) is 12.3 Å². The second-order valence-electron chi connectivity index (χ2n) is 7.27. The summed E-state index contributed by atoms with van der Waals surface area (Å²) in [6.07, 6.45) is 0.675. The summed E-state index contributed by atoms with van der Waals surface area (Å²) in [5.74, 6) is 0.467. The Morgan fingerprint density at radius 2 is 2.21 bits per heavy atom. The van der Waals surface area contributed by atoms with Crippen molar-refractivity contribution in [2.45, 2.75) is 46.3 Å². The molecular weight excluding hydrogens is 390 g/mol. The number of thiazole rings is 1. The number of fused-ring (bicyclic) bond motifs is 2. The molecule has 0 bridgehead atoms. The quantitative estimate of drug-likeness (QED) is 0.660. The molecule has 3 heterocycles. The fourth-order valence-corrected chi connectivity index (χ4v) is 4.64. The van der Waals surface area contributed by atoms with Gasteiger partial charge in [0.15, 0.2) is 11.2 Å². The molecule has 4 rings (SSSR count). The number of aryl methyl sites for hydroxylation is 2. The van der Waals surface area contributed by atoms with E-state index in [2.05, 4.69) is 4.98 Å². The van der Waals surface area contributed by atoms with Crippen LogP contribution in [0.4, 0.5) is 5.13 Å². The van der Waals surface area contributed by atoms with Crippen molar-refractivity contribution in [1.29, 1.82) is 0 Å². The second-order valence-corrected chi connectivity index (χ2v) is 8.39. The standard InChI is InChI=1S/C21H23N3O4S/c1-4-13-9-18(25)28-16-8-11(2)7-15(19(13)16)27-12(3)20(26)24-6-5-14-17(10-24)29-21(22)23-14/h7-9,12H,4-6,10H2,1-3H3,(H2,22,23). The van der Waals surface area contributed by atoms with E-state index in [9.17, 15) is 9.59 Å². The Morgan fingerprint density at radius 3 is 2.97 bits per heavy atom. The maximum absolute atomic E-state index is 13.0. The molecule has 3 aromatic rings. The largest absolute Gasteiger partial charge is 0.480 e. The van der Waals surface area contributed by atoms with Gasteiger partial charge in [0.05, 0.1) is 17.6 Å². The first-order chi connectivity index (χ1) is 13.9. The van der Waals surface area contributed by atoms with Gasteiger partial charge in [-0.15, -0.1) is 11.3 Å². The highest BCUT2D eigenvalue weighted by Crippen LogP contribution is 2.32. The number of nitrogen functional groups attached to an aromatic ring is 1. The summed E-state index contributed by atoms with van der Waals surface area (Å²) in [6.45, 7) is 6.71. The zero-order chi connectivity index (χ0) is 20.7. The summed E-state index contributed by atoms with van der Waals surface area (Å²) < 4.78 is 11.5. The summed E-state index contributed by atoms with van der Waals surface area (Å²) in [7, 11) is 0. The minimum absolute atomic E-state index is 0.0901. The maximum Gasteiger partial charge on any atom is 0.336 e. The second kappa shape index (κ2) is 7.51. The smallest absolute Gasteiger partial charge is 0.336 e. The van der Waals surface area contributed by atoms with Crippen LogP contribution in [0.15, 0.2) is 27.4 Å². The van der Waals surface area contributed by atoms with Gasteiger partial charge in [-0.05, 0) is 43.5 Å². The number of carbonyl (C=O) groups is 1. The lowest BCUT2D eigenvalue weighted by atomic mass is 10.0. The minimum Gasteiger partial charge on any atom is -0.480 e. The molecular formula is C21H23N3O4S. The van der Waals surface area contributed by atoms with E-state index >= 15 is 0 Å². The number of hydrogen-bond donors (Lipinski definition) is 1. The minimum atomic E-state index is -0.677. The topological polar surface area (TPSA) is 98.7 Å². The lowest BCUT2D eigenvalue weighted by Gasteiger charge is -2.29. The number of nitrogens with zero attached hydrogens (tertiary/aromatic N) is 2. The average molecular weight is 413 g/mol.